The molecule has 17 unspecified atom stereocenters. The molecule has 0 saturated carbocycles. The van der Waals surface area contributed by atoms with Crippen molar-refractivity contribution >= 4 is 5.91 Å². The van der Waals surface area contributed by atoms with Crippen molar-refractivity contribution in [3.8, 4) is 0 Å². The lowest BCUT2D eigenvalue weighted by molar-refractivity contribution is -0.379. The van der Waals surface area contributed by atoms with Crippen LogP contribution in [0, 0.1) is 0 Å². The predicted octanol–water partition coefficient (Wildman–Crippen LogP) is 4.21. The molecule has 436 valence electrons. The Balaban J connectivity index is 1.49. The van der Waals surface area contributed by atoms with Gasteiger partial charge in [0.2, 0.25) is 5.91 Å². The first-order valence-electron chi connectivity index (χ1n) is 28.9. The van der Waals surface area contributed by atoms with Gasteiger partial charge in [0.15, 0.2) is 18.9 Å². The Kier molecular flexibility index (Phi) is 35.9. The average molecular weight is 1070 g/mol. The summed E-state index contributed by atoms with van der Waals surface area (Å²) in [7, 11) is 0. The van der Waals surface area contributed by atoms with Crippen molar-refractivity contribution in [3.05, 3.63) is 12.2 Å². The SMILES string of the molecule is CCC/C=C\CCCCCCCC(=O)NC(COC1OC(CO)C(OC2OC(CO)C(OC3OC(CO)C(O)C(O)C3O)C(O)C2O)C(O)C1O)C(O)CCCCCCCCCCCCCCCCCCCCC. The number of aliphatic hydroxyl groups is 11. The molecule has 3 aliphatic heterocycles. The van der Waals surface area contributed by atoms with E-state index in [2.05, 4.69) is 31.3 Å². The zero-order chi connectivity index (χ0) is 54.1. The van der Waals surface area contributed by atoms with Crippen molar-refractivity contribution < 1.29 is 89.4 Å². The number of unbranched alkanes of at least 4 members (excludes halogenated alkanes) is 24. The van der Waals surface area contributed by atoms with Crippen molar-refractivity contribution in [3.63, 3.8) is 0 Å². The third-order valence-electron chi connectivity index (χ3n) is 14.8. The fraction of sp³-hybridized carbons (Fsp3) is 0.945. The van der Waals surface area contributed by atoms with E-state index in [1.807, 2.05) is 0 Å². The van der Waals surface area contributed by atoms with Gasteiger partial charge in [-0.1, -0.05) is 174 Å². The second kappa shape index (κ2) is 39.8. The molecule has 12 N–H and O–H groups in total. The number of ether oxygens (including phenoxy) is 6. The van der Waals surface area contributed by atoms with Crippen LogP contribution in [0.1, 0.15) is 200 Å². The maximum absolute atomic E-state index is 13.2. The summed E-state index contributed by atoms with van der Waals surface area (Å²) in [6.07, 6.45) is 10.3. The highest BCUT2D eigenvalue weighted by molar-refractivity contribution is 5.76. The first-order valence-corrected chi connectivity index (χ1v) is 28.9. The average Bonchev–Trinajstić information content (AvgIpc) is 3.40. The van der Waals surface area contributed by atoms with Crippen molar-refractivity contribution in [2.45, 2.75) is 304 Å². The molecule has 0 aromatic heterocycles. The van der Waals surface area contributed by atoms with Crippen molar-refractivity contribution in [2.24, 2.45) is 0 Å². The second-order valence-electron chi connectivity index (χ2n) is 21.1. The van der Waals surface area contributed by atoms with E-state index in [-0.39, 0.29) is 18.9 Å². The molecule has 0 aromatic carbocycles. The maximum atomic E-state index is 13.2. The Morgan fingerprint density at radius 2 is 0.878 bits per heavy atom. The Labute approximate surface area is 442 Å². The van der Waals surface area contributed by atoms with Crippen LogP contribution in [0.4, 0.5) is 0 Å². The molecule has 3 rings (SSSR count). The van der Waals surface area contributed by atoms with E-state index in [9.17, 15) is 61.0 Å². The Bertz CT molecular complexity index is 1410. The maximum Gasteiger partial charge on any atom is 0.220 e. The smallest absolute Gasteiger partial charge is 0.220 e. The van der Waals surface area contributed by atoms with Crippen LogP contribution in [0.3, 0.4) is 0 Å². The number of nitrogens with one attached hydrogen (secondary N) is 1. The fourth-order valence-electron chi connectivity index (χ4n) is 10.0. The molecule has 0 bridgehead atoms. The van der Waals surface area contributed by atoms with Crippen LogP contribution in [0.25, 0.3) is 0 Å². The highest BCUT2D eigenvalue weighted by atomic mass is 16.8. The van der Waals surface area contributed by atoms with Crippen LogP contribution >= 0.6 is 0 Å². The Morgan fingerprint density at radius 1 is 0.473 bits per heavy atom. The van der Waals surface area contributed by atoms with Gasteiger partial charge in [-0.05, 0) is 32.1 Å². The summed E-state index contributed by atoms with van der Waals surface area (Å²) in [4.78, 5) is 13.2. The first kappa shape index (κ1) is 66.8. The molecule has 0 aromatic rings. The summed E-state index contributed by atoms with van der Waals surface area (Å²) < 4.78 is 34.2. The van der Waals surface area contributed by atoms with E-state index in [0.717, 1.165) is 70.6 Å². The minimum atomic E-state index is -1.97. The van der Waals surface area contributed by atoms with Gasteiger partial charge in [0.05, 0.1) is 38.6 Å². The van der Waals surface area contributed by atoms with Gasteiger partial charge in [0, 0.05) is 6.42 Å². The van der Waals surface area contributed by atoms with E-state index >= 15 is 0 Å². The van der Waals surface area contributed by atoms with Gasteiger partial charge in [-0.2, -0.15) is 0 Å². The standard InChI is InChI=1S/C55H103NO18/c1-3-5-7-9-11-13-15-16-17-18-19-20-21-22-23-24-26-28-30-32-39(60)38(56-43(61)33-31-29-27-25-14-12-10-8-6-4-2)37-69-53-49(67)46(64)51(41(35-58)71-53)74-55-50(68)47(65)52(42(36-59)72-55)73-54-48(66)45(63)44(62)40(34-57)70-54/h8,10,38-42,44-55,57-60,62-68H,3-7,9,11-37H2,1-2H3,(H,56,61)/b10-8-. The van der Waals surface area contributed by atoms with Crippen molar-refractivity contribution in [1.29, 1.82) is 0 Å². The van der Waals surface area contributed by atoms with Gasteiger partial charge in [-0.25, -0.2) is 0 Å². The summed E-state index contributed by atoms with van der Waals surface area (Å²) in [5.74, 6) is -0.254. The number of amides is 1. The third kappa shape index (κ3) is 24.3. The van der Waals surface area contributed by atoms with Crippen molar-refractivity contribution in [2.75, 3.05) is 26.4 Å². The van der Waals surface area contributed by atoms with E-state index in [1.54, 1.807) is 0 Å². The quantitative estimate of drug-likeness (QED) is 0.0301. The number of hydrogen-bond donors (Lipinski definition) is 12. The predicted molar refractivity (Wildman–Crippen MR) is 277 cm³/mol. The number of hydrogen-bond acceptors (Lipinski definition) is 18. The lowest BCUT2D eigenvalue weighted by atomic mass is 9.96. The molecule has 0 radical (unpaired) electrons. The van der Waals surface area contributed by atoms with Crippen LogP contribution in [0.15, 0.2) is 12.2 Å². The molecule has 3 heterocycles. The number of carbonyl (C=O) groups excluding carboxylic acids is 1. The van der Waals surface area contributed by atoms with Crippen LogP contribution in [-0.2, 0) is 33.2 Å². The van der Waals surface area contributed by atoms with E-state index in [0.29, 0.717) is 12.8 Å². The largest absolute Gasteiger partial charge is 0.394 e. The summed E-state index contributed by atoms with van der Waals surface area (Å²) in [6, 6.07) is -0.886. The lowest BCUT2D eigenvalue weighted by Gasteiger charge is -2.48. The number of allylic oxidation sites excluding steroid dienone is 2. The second-order valence-corrected chi connectivity index (χ2v) is 21.1. The van der Waals surface area contributed by atoms with Crippen LogP contribution in [0.5, 0.6) is 0 Å². The highest BCUT2D eigenvalue weighted by Gasteiger charge is 2.53. The van der Waals surface area contributed by atoms with Crippen LogP contribution in [-0.4, -0.2) is 193 Å². The molecule has 19 heteroatoms. The van der Waals surface area contributed by atoms with E-state index in [1.165, 1.54) is 96.3 Å². The van der Waals surface area contributed by atoms with Crippen LogP contribution in [0.2, 0.25) is 0 Å². The van der Waals surface area contributed by atoms with Crippen LogP contribution < -0.4 is 5.32 Å². The van der Waals surface area contributed by atoms with Gasteiger partial charge in [0.25, 0.3) is 0 Å². The van der Waals surface area contributed by atoms with E-state index in [4.69, 9.17) is 28.4 Å². The molecule has 3 aliphatic rings. The van der Waals surface area contributed by atoms with Crippen molar-refractivity contribution in [1.82, 2.24) is 5.32 Å². The molecule has 0 aliphatic carbocycles. The normalized spacial score (nSPS) is 31.5. The minimum Gasteiger partial charge on any atom is -0.394 e. The monoisotopic (exact) mass is 1070 g/mol. The number of aliphatic hydroxyl groups excluding tert-OH is 11. The van der Waals surface area contributed by atoms with Gasteiger partial charge in [0.1, 0.15) is 73.2 Å². The van der Waals surface area contributed by atoms with E-state index < -0.39 is 124 Å². The summed E-state index contributed by atoms with van der Waals surface area (Å²) in [5, 5.41) is 120. The molecule has 19 nitrogen and oxygen atoms in total. The summed E-state index contributed by atoms with van der Waals surface area (Å²) in [5.41, 5.74) is 0. The molecule has 3 saturated heterocycles. The number of rotatable bonds is 42. The molecule has 0 spiro atoms. The molecular formula is C55H103NO18. The molecule has 74 heavy (non-hydrogen) atoms. The fourth-order valence-corrected chi connectivity index (χ4v) is 10.0. The van der Waals surface area contributed by atoms with Gasteiger partial charge in [-0.15, -0.1) is 0 Å². The molecule has 3 fully saturated rings. The highest BCUT2D eigenvalue weighted by Crippen LogP contribution is 2.33. The number of carbonyl (C=O) groups is 1. The summed E-state index contributed by atoms with van der Waals surface area (Å²) >= 11 is 0. The third-order valence-corrected chi connectivity index (χ3v) is 14.8. The lowest BCUT2D eigenvalue weighted by Crippen LogP contribution is -2.66. The van der Waals surface area contributed by atoms with Gasteiger partial charge >= 0.3 is 0 Å². The Hall–Kier alpha value is -1.47. The van der Waals surface area contributed by atoms with Gasteiger partial charge < -0.3 is 89.9 Å². The minimum absolute atomic E-state index is 0.254. The molecular weight excluding hydrogens is 963 g/mol. The first-order chi connectivity index (χ1) is 35.8. The molecule has 17 atom stereocenters. The molecule has 1 amide bonds. The topological polar surface area (TPSA) is 307 Å². The zero-order valence-corrected chi connectivity index (χ0v) is 45.1. The Morgan fingerprint density at radius 3 is 1.36 bits per heavy atom. The zero-order valence-electron chi connectivity index (χ0n) is 45.1. The van der Waals surface area contributed by atoms with Gasteiger partial charge in [-0.3, -0.25) is 4.79 Å². The summed E-state index contributed by atoms with van der Waals surface area (Å²) in [6.45, 7) is 1.71.